The van der Waals surface area contributed by atoms with Crippen LogP contribution >= 0.6 is 0 Å². The highest BCUT2D eigenvalue weighted by atomic mass is 32.2. The normalized spacial score (nSPS) is 23.9. The largest absolute Gasteiger partial charge is 0.367 e. The van der Waals surface area contributed by atoms with Gasteiger partial charge in [-0.05, 0) is 56.0 Å². The summed E-state index contributed by atoms with van der Waals surface area (Å²) in [5.74, 6) is 0. The van der Waals surface area contributed by atoms with Gasteiger partial charge in [0.05, 0.1) is 4.90 Å². The Kier molecular flexibility index (Phi) is 7.39. The van der Waals surface area contributed by atoms with Gasteiger partial charge < -0.3 is 9.72 Å². The molecule has 2 N–H and O–H groups in total. The molecule has 0 aliphatic carbocycles. The van der Waals surface area contributed by atoms with Crippen molar-refractivity contribution >= 4 is 9.84 Å². The van der Waals surface area contributed by atoms with Crippen LogP contribution in [-0.4, -0.2) is 43.6 Å². The predicted molar refractivity (Wildman–Crippen MR) is 138 cm³/mol. The number of ether oxygens (including phenoxy) is 1. The van der Waals surface area contributed by atoms with Gasteiger partial charge in [0.2, 0.25) is 0 Å². The molecule has 2 aromatic carbocycles. The van der Waals surface area contributed by atoms with E-state index in [9.17, 15) is 8.42 Å². The highest BCUT2D eigenvalue weighted by Gasteiger charge is 2.36. The molecule has 5 rings (SSSR count). The number of likely N-dealkylation sites (tertiary alicyclic amines) is 1. The Morgan fingerprint density at radius 1 is 0.914 bits per heavy atom. The first-order valence-corrected chi connectivity index (χ1v) is 14.2. The molecule has 3 atom stereocenters. The zero-order chi connectivity index (χ0) is 24.3. The Balaban J connectivity index is 1.39. The van der Waals surface area contributed by atoms with Gasteiger partial charge >= 0.3 is 0 Å². The lowest BCUT2D eigenvalue weighted by Gasteiger charge is -2.30. The van der Waals surface area contributed by atoms with E-state index in [4.69, 9.17) is 4.74 Å². The SMILES string of the molecule is COC1CC[C@H](S(=O)(=O)c2ccccc2-c2ccc(CN3CCCCC[C@@H]3c3ccccc3)[nH]2)N1. The first-order chi connectivity index (χ1) is 17.1. The second-order valence-electron chi connectivity index (χ2n) is 9.64. The minimum Gasteiger partial charge on any atom is -0.367 e. The maximum absolute atomic E-state index is 13.5. The van der Waals surface area contributed by atoms with Gasteiger partial charge in [-0.25, -0.2) is 8.42 Å². The summed E-state index contributed by atoms with van der Waals surface area (Å²) in [6.07, 6.45) is 5.89. The van der Waals surface area contributed by atoms with Crippen LogP contribution in [0.5, 0.6) is 0 Å². The van der Waals surface area contributed by atoms with Crippen LogP contribution < -0.4 is 5.32 Å². The first kappa shape index (κ1) is 24.3. The summed E-state index contributed by atoms with van der Waals surface area (Å²) in [6.45, 7) is 1.88. The third-order valence-electron chi connectivity index (χ3n) is 7.37. The number of nitrogens with zero attached hydrogens (tertiary/aromatic N) is 1. The maximum Gasteiger partial charge on any atom is 0.194 e. The van der Waals surface area contributed by atoms with Gasteiger partial charge in [0.25, 0.3) is 0 Å². The molecule has 2 aliphatic heterocycles. The molecular weight excluding hydrogens is 458 g/mol. The van der Waals surface area contributed by atoms with Gasteiger partial charge in [-0.3, -0.25) is 10.2 Å². The maximum atomic E-state index is 13.5. The molecule has 0 amide bonds. The Bertz CT molecular complexity index is 1230. The van der Waals surface area contributed by atoms with Crippen LogP contribution in [-0.2, 0) is 21.1 Å². The van der Waals surface area contributed by atoms with Crippen LogP contribution in [0.1, 0.15) is 55.8 Å². The zero-order valence-electron chi connectivity index (χ0n) is 20.3. The summed E-state index contributed by atoms with van der Waals surface area (Å²) >= 11 is 0. The molecule has 2 aliphatic rings. The van der Waals surface area contributed by atoms with E-state index in [2.05, 4.69) is 51.6 Å². The second-order valence-corrected chi connectivity index (χ2v) is 11.7. The Morgan fingerprint density at radius 3 is 2.51 bits per heavy atom. The molecule has 0 bridgehead atoms. The second kappa shape index (κ2) is 10.7. The fourth-order valence-corrected chi connectivity index (χ4v) is 7.35. The number of H-pyrrole nitrogens is 1. The average molecular weight is 494 g/mol. The van der Waals surface area contributed by atoms with Gasteiger partial charge in [-0.15, -0.1) is 0 Å². The van der Waals surface area contributed by atoms with Crippen LogP contribution in [0, 0.1) is 0 Å². The van der Waals surface area contributed by atoms with E-state index in [1.54, 1.807) is 19.2 Å². The van der Waals surface area contributed by atoms with Crippen LogP contribution in [0.3, 0.4) is 0 Å². The Morgan fingerprint density at radius 2 is 1.71 bits per heavy atom. The molecule has 1 aromatic heterocycles. The lowest BCUT2D eigenvalue weighted by atomic mass is 10.0. The molecule has 3 heterocycles. The minimum absolute atomic E-state index is 0.217. The number of nitrogens with one attached hydrogen (secondary N) is 2. The summed E-state index contributed by atoms with van der Waals surface area (Å²) in [4.78, 5) is 6.47. The summed E-state index contributed by atoms with van der Waals surface area (Å²) in [5.41, 5.74) is 4.04. The van der Waals surface area contributed by atoms with E-state index in [0.717, 1.165) is 36.5 Å². The van der Waals surface area contributed by atoms with E-state index in [1.165, 1.54) is 24.8 Å². The summed E-state index contributed by atoms with van der Waals surface area (Å²) in [7, 11) is -1.94. The summed E-state index contributed by atoms with van der Waals surface area (Å²) in [6, 6.07) is 22.6. The molecule has 6 nitrogen and oxygen atoms in total. The number of sulfone groups is 1. The van der Waals surface area contributed by atoms with Gasteiger partial charge in [-0.1, -0.05) is 61.4 Å². The summed E-state index contributed by atoms with van der Waals surface area (Å²) in [5, 5.41) is 2.48. The van der Waals surface area contributed by atoms with Gasteiger partial charge in [0.1, 0.15) is 11.6 Å². The third kappa shape index (κ3) is 5.23. The van der Waals surface area contributed by atoms with Crippen molar-refractivity contribution < 1.29 is 13.2 Å². The quantitative estimate of drug-likeness (QED) is 0.470. The average Bonchev–Trinajstić information content (AvgIpc) is 3.51. The highest BCUT2D eigenvalue weighted by Crippen LogP contribution is 2.34. The zero-order valence-corrected chi connectivity index (χ0v) is 21.1. The number of benzene rings is 2. The lowest BCUT2D eigenvalue weighted by molar-refractivity contribution is 0.0898. The Labute approximate surface area is 208 Å². The van der Waals surface area contributed by atoms with E-state index >= 15 is 0 Å². The van der Waals surface area contributed by atoms with E-state index < -0.39 is 15.2 Å². The number of methoxy groups -OCH3 is 1. The smallest absolute Gasteiger partial charge is 0.194 e. The molecule has 7 heteroatoms. The van der Waals surface area contributed by atoms with Crippen molar-refractivity contribution in [2.75, 3.05) is 13.7 Å². The fraction of sp³-hybridized carbons (Fsp3) is 0.429. The van der Waals surface area contributed by atoms with Crippen molar-refractivity contribution in [3.05, 3.63) is 78.0 Å². The number of aromatic nitrogens is 1. The standard InChI is InChI=1S/C28H35N3O3S/c1-34-27-17-18-28(30-27)35(32,33)26-14-8-7-12-23(26)24-16-15-22(29-24)20-31-19-9-3-6-13-25(31)21-10-4-2-5-11-21/h2,4-5,7-8,10-12,14-16,25,27-30H,3,6,9,13,17-20H2,1H3/t25-,27?,28+/m1/s1. The monoisotopic (exact) mass is 493 g/mol. The van der Waals surface area contributed by atoms with Crippen molar-refractivity contribution in [1.29, 1.82) is 0 Å². The van der Waals surface area contributed by atoms with Gasteiger partial charge in [0, 0.05) is 36.6 Å². The lowest BCUT2D eigenvalue weighted by Crippen LogP contribution is -2.36. The van der Waals surface area contributed by atoms with Crippen LogP contribution in [0.15, 0.2) is 71.6 Å². The number of aromatic amines is 1. The van der Waals surface area contributed by atoms with Gasteiger partial charge in [-0.2, -0.15) is 0 Å². The number of hydrogen-bond acceptors (Lipinski definition) is 5. The topological polar surface area (TPSA) is 74.4 Å². The van der Waals surface area contributed by atoms with Crippen LogP contribution in [0.25, 0.3) is 11.3 Å². The van der Waals surface area contributed by atoms with E-state index in [0.29, 0.717) is 23.8 Å². The molecule has 1 unspecified atom stereocenters. The van der Waals surface area contributed by atoms with E-state index in [-0.39, 0.29) is 6.23 Å². The third-order valence-corrected chi connectivity index (χ3v) is 9.46. The highest BCUT2D eigenvalue weighted by molar-refractivity contribution is 7.92. The van der Waals surface area contributed by atoms with Crippen molar-refractivity contribution in [3.8, 4) is 11.3 Å². The van der Waals surface area contributed by atoms with Crippen molar-refractivity contribution in [1.82, 2.24) is 15.2 Å². The molecule has 2 saturated heterocycles. The minimum atomic E-state index is -3.55. The molecule has 0 spiro atoms. The summed E-state index contributed by atoms with van der Waals surface area (Å²) < 4.78 is 32.3. The molecule has 35 heavy (non-hydrogen) atoms. The number of hydrogen-bond donors (Lipinski definition) is 2. The molecule has 3 aromatic rings. The first-order valence-electron chi connectivity index (χ1n) is 12.7. The van der Waals surface area contributed by atoms with E-state index in [1.807, 2.05) is 18.2 Å². The van der Waals surface area contributed by atoms with Crippen molar-refractivity contribution in [2.45, 2.75) is 67.6 Å². The molecular formula is C28H35N3O3S. The van der Waals surface area contributed by atoms with Crippen molar-refractivity contribution in [2.24, 2.45) is 0 Å². The van der Waals surface area contributed by atoms with Crippen LogP contribution in [0.2, 0.25) is 0 Å². The Hall–Kier alpha value is -2.45. The van der Waals surface area contributed by atoms with Gasteiger partial charge in [0.15, 0.2) is 9.84 Å². The number of rotatable bonds is 7. The molecule has 2 fully saturated rings. The molecule has 0 saturated carbocycles. The predicted octanol–water partition coefficient (Wildman–Crippen LogP) is 5.25. The fourth-order valence-electron chi connectivity index (χ4n) is 5.52. The van der Waals surface area contributed by atoms with Crippen LogP contribution in [0.4, 0.5) is 0 Å². The molecule has 186 valence electrons. The van der Waals surface area contributed by atoms with Crippen molar-refractivity contribution in [3.63, 3.8) is 0 Å². The molecule has 0 radical (unpaired) electrons.